The highest BCUT2D eigenvalue weighted by Crippen LogP contribution is 2.55. The predicted octanol–water partition coefficient (Wildman–Crippen LogP) is 4.51. The molecule has 2 aliphatic carbocycles. The maximum atomic E-state index is 14.7. The lowest BCUT2D eigenvalue weighted by molar-refractivity contribution is -0.113. The number of nitrogens with one attached hydrogen (secondary N) is 1. The van der Waals surface area contributed by atoms with Crippen LogP contribution in [0.3, 0.4) is 0 Å². The Kier molecular flexibility index (Phi) is 3.84. The van der Waals surface area contributed by atoms with Crippen molar-refractivity contribution in [1.29, 1.82) is 0 Å². The number of rotatable bonds is 4. The normalized spacial score (nSPS) is 23.8. The van der Waals surface area contributed by atoms with Crippen molar-refractivity contribution in [2.45, 2.75) is 52.9 Å². The first kappa shape index (κ1) is 15.3. The van der Waals surface area contributed by atoms with Crippen molar-refractivity contribution in [2.75, 3.05) is 6.54 Å². The van der Waals surface area contributed by atoms with Gasteiger partial charge < -0.3 is 5.32 Å². The molecular weight excluding hydrogens is 277 g/mol. The Labute approximate surface area is 131 Å². The maximum absolute atomic E-state index is 14.7. The molecule has 0 aromatic rings. The molecule has 1 saturated carbocycles. The number of carbonyl (C=O) groups is 1. The van der Waals surface area contributed by atoms with Gasteiger partial charge in [0.15, 0.2) is 5.78 Å². The van der Waals surface area contributed by atoms with E-state index in [-0.39, 0.29) is 17.2 Å². The van der Waals surface area contributed by atoms with E-state index in [4.69, 9.17) is 0 Å². The minimum absolute atomic E-state index is 0.179. The average Bonchev–Trinajstić information content (AvgIpc) is 3.21. The van der Waals surface area contributed by atoms with E-state index < -0.39 is 0 Å². The van der Waals surface area contributed by atoms with E-state index in [0.29, 0.717) is 11.8 Å². The van der Waals surface area contributed by atoms with Gasteiger partial charge in [-0.2, -0.15) is 0 Å². The summed E-state index contributed by atoms with van der Waals surface area (Å²) in [4.78, 5) is 11.6. The molecule has 0 aromatic carbocycles. The number of allylic oxidation sites excluding steroid dienone is 7. The smallest absolute Gasteiger partial charge is 0.162 e. The minimum atomic E-state index is -0.305. The van der Waals surface area contributed by atoms with Crippen LogP contribution in [-0.2, 0) is 4.79 Å². The van der Waals surface area contributed by atoms with Crippen LogP contribution in [-0.4, -0.2) is 12.3 Å². The summed E-state index contributed by atoms with van der Waals surface area (Å²) >= 11 is 0. The van der Waals surface area contributed by atoms with Crippen molar-refractivity contribution >= 4 is 5.78 Å². The van der Waals surface area contributed by atoms with E-state index >= 15 is 0 Å². The van der Waals surface area contributed by atoms with Gasteiger partial charge in [-0.1, -0.05) is 19.1 Å². The van der Waals surface area contributed by atoms with Gasteiger partial charge in [0.25, 0.3) is 0 Å². The highest BCUT2D eigenvalue weighted by molar-refractivity contribution is 5.97. The largest absolute Gasteiger partial charge is 0.387 e. The fourth-order valence-corrected chi connectivity index (χ4v) is 3.65. The Morgan fingerprint density at radius 3 is 2.77 bits per heavy atom. The Morgan fingerprint density at radius 2 is 2.18 bits per heavy atom. The molecule has 22 heavy (non-hydrogen) atoms. The molecule has 3 heteroatoms. The molecule has 0 aromatic heterocycles. The van der Waals surface area contributed by atoms with Gasteiger partial charge in [0.1, 0.15) is 5.83 Å². The lowest BCUT2D eigenvalue weighted by Crippen LogP contribution is -2.12. The van der Waals surface area contributed by atoms with Crippen molar-refractivity contribution in [3.05, 3.63) is 46.0 Å². The average molecular weight is 301 g/mol. The standard InChI is InChI=1S/C19H24FNO/c1-4-14(10-17-12(2)21-11-19(17)8-9-19)16-7-5-6-15(13(3)22)18(16)20/h6,10,21H,4-5,7-9,11H2,1-3H3/b14-10+. The lowest BCUT2D eigenvalue weighted by atomic mass is 9.87. The van der Waals surface area contributed by atoms with Crippen molar-refractivity contribution in [1.82, 2.24) is 5.32 Å². The molecule has 1 fully saturated rings. The topological polar surface area (TPSA) is 29.1 Å². The number of ketones is 1. The summed E-state index contributed by atoms with van der Waals surface area (Å²) in [7, 11) is 0. The van der Waals surface area contributed by atoms with E-state index in [0.717, 1.165) is 30.5 Å². The number of halogens is 1. The van der Waals surface area contributed by atoms with Gasteiger partial charge in [-0.3, -0.25) is 4.79 Å². The summed E-state index contributed by atoms with van der Waals surface area (Å²) in [5.41, 5.74) is 4.92. The second-order valence-corrected chi connectivity index (χ2v) is 6.70. The molecule has 0 bridgehead atoms. The molecule has 118 valence electrons. The molecule has 0 atom stereocenters. The molecule has 2 nitrogen and oxygen atoms in total. The monoisotopic (exact) mass is 301 g/mol. The van der Waals surface area contributed by atoms with Crippen LogP contribution < -0.4 is 5.32 Å². The van der Waals surface area contributed by atoms with Gasteiger partial charge in [-0.25, -0.2) is 4.39 Å². The molecule has 1 aliphatic heterocycles. The maximum Gasteiger partial charge on any atom is 0.162 e. The molecular formula is C19H24FNO. The van der Waals surface area contributed by atoms with Crippen LogP contribution in [0.2, 0.25) is 0 Å². The number of carbonyl (C=O) groups excluding carboxylic acids is 1. The summed E-state index contributed by atoms with van der Waals surface area (Å²) in [5, 5.41) is 3.45. The van der Waals surface area contributed by atoms with Crippen molar-refractivity contribution in [3.63, 3.8) is 0 Å². The molecule has 1 spiro atoms. The van der Waals surface area contributed by atoms with Crippen molar-refractivity contribution in [3.8, 4) is 0 Å². The van der Waals surface area contributed by atoms with Crippen molar-refractivity contribution in [2.24, 2.45) is 5.41 Å². The molecule has 3 aliphatic rings. The van der Waals surface area contributed by atoms with E-state index in [1.165, 1.54) is 31.0 Å². The molecule has 1 N–H and O–H groups in total. The third-order valence-electron chi connectivity index (χ3n) is 5.23. The Balaban J connectivity index is 2.00. The predicted molar refractivity (Wildman–Crippen MR) is 86.9 cm³/mol. The van der Waals surface area contributed by atoms with Crippen LogP contribution in [0.25, 0.3) is 0 Å². The van der Waals surface area contributed by atoms with E-state index in [9.17, 15) is 9.18 Å². The summed E-state index contributed by atoms with van der Waals surface area (Å²) in [6.07, 6.45) is 8.60. The molecule has 0 unspecified atom stereocenters. The SMILES string of the molecule is CC/C(=C\C1=C(C)NCC12CC2)C1=C(F)C(C(C)=O)=CCC1. The Bertz CT molecular complexity index is 644. The first-order valence-electron chi connectivity index (χ1n) is 8.25. The third-order valence-corrected chi connectivity index (χ3v) is 5.23. The van der Waals surface area contributed by atoms with Gasteiger partial charge in [-0.15, -0.1) is 0 Å². The summed E-state index contributed by atoms with van der Waals surface area (Å²) in [6, 6.07) is 0. The Morgan fingerprint density at radius 1 is 1.45 bits per heavy atom. The highest BCUT2D eigenvalue weighted by Gasteiger charge is 2.49. The summed E-state index contributed by atoms with van der Waals surface area (Å²) in [6.45, 7) is 6.63. The highest BCUT2D eigenvalue weighted by atomic mass is 19.1. The zero-order chi connectivity index (χ0) is 15.9. The van der Waals surface area contributed by atoms with Gasteiger partial charge in [0.2, 0.25) is 0 Å². The lowest BCUT2D eigenvalue weighted by Gasteiger charge is -2.18. The van der Waals surface area contributed by atoms with Gasteiger partial charge >= 0.3 is 0 Å². The summed E-state index contributed by atoms with van der Waals surface area (Å²) < 4.78 is 14.7. The van der Waals surface area contributed by atoms with Crippen LogP contribution in [0, 0.1) is 5.41 Å². The first-order chi connectivity index (χ1) is 10.5. The van der Waals surface area contributed by atoms with Gasteiger partial charge in [-0.05, 0) is 62.7 Å². The van der Waals surface area contributed by atoms with Gasteiger partial charge in [0.05, 0.1) is 0 Å². The second-order valence-electron chi connectivity index (χ2n) is 6.70. The molecule has 3 rings (SSSR count). The Hall–Kier alpha value is -1.64. The number of Topliss-reactive ketones (excluding diaryl/α,β-unsaturated/α-hetero) is 1. The zero-order valence-corrected chi connectivity index (χ0v) is 13.7. The summed E-state index contributed by atoms with van der Waals surface area (Å²) in [5.74, 6) is -0.484. The van der Waals surface area contributed by atoms with E-state index in [1.807, 2.05) is 0 Å². The zero-order valence-electron chi connectivity index (χ0n) is 13.7. The molecule has 0 amide bonds. The quantitative estimate of drug-likeness (QED) is 0.827. The van der Waals surface area contributed by atoms with Crippen LogP contribution in [0.5, 0.6) is 0 Å². The van der Waals surface area contributed by atoms with Crippen LogP contribution in [0.1, 0.15) is 52.9 Å². The fourth-order valence-electron chi connectivity index (χ4n) is 3.65. The number of hydrogen-bond acceptors (Lipinski definition) is 2. The number of hydrogen-bond donors (Lipinski definition) is 1. The fraction of sp³-hybridized carbons (Fsp3) is 0.526. The molecule has 0 radical (unpaired) electrons. The molecule has 1 heterocycles. The van der Waals surface area contributed by atoms with Crippen LogP contribution in [0.15, 0.2) is 46.0 Å². The minimum Gasteiger partial charge on any atom is -0.387 e. The second kappa shape index (κ2) is 5.53. The van der Waals surface area contributed by atoms with Gasteiger partial charge in [0, 0.05) is 23.2 Å². The van der Waals surface area contributed by atoms with Crippen LogP contribution >= 0.6 is 0 Å². The first-order valence-corrected chi connectivity index (χ1v) is 8.25. The van der Waals surface area contributed by atoms with E-state index in [1.54, 1.807) is 6.08 Å². The molecule has 0 saturated heterocycles. The van der Waals surface area contributed by atoms with E-state index in [2.05, 4.69) is 25.2 Å². The van der Waals surface area contributed by atoms with Crippen LogP contribution in [0.4, 0.5) is 4.39 Å². The third kappa shape index (κ3) is 2.47. The van der Waals surface area contributed by atoms with Crippen molar-refractivity contribution < 1.29 is 9.18 Å².